The van der Waals surface area contributed by atoms with Gasteiger partial charge in [-0.3, -0.25) is 10.1 Å². The molecule has 0 aromatic heterocycles. The number of rotatable bonds is 4. The Balaban J connectivity index is 1.75. The molecule has 1 unspecified atom stereocenters. The summed E-state index contributed by atoms with van der Waals surface area (Å²) in [6.45, 7) is 0.684. The number of anilines is 1. The zero-order valence-corrected chi connectivity index (χ0v) is 14.2. The predicted molar refractivity (Wildman–Crippen MR) is 93.0 cm³/mol. The maximum absolute atomic E-state index is 14.7. The Bertz CT molecular complexity index is 906. The lowest BCUT2D eigenvalue weighted by Gasteiger charge is -2.34. The number of halogens is 3. The van der Waals surface area contributed by atoms with E-state index in [-0.39, 0.29) is 16.8 Å². The second-order valence-electron chi connectivity index (χ2n) is 6.46. The van der Waals surface area contributed by atoms with E-state index >= 15 is 0 Å². The van der Waals surface area contributed by atoms with Gasteiger partial charge in [0.25, 0.3) is 5.69 Å². The van der Waals surface area contributed by atoms with E-state index in [0.717, 1.165) is 18.2 Å². The third-order valence-corrected chi connectivity index (χ3v) is 4.85. The highest BCUT2D eigenvalue weighted by Gasteiger charge is 2.31. The SMILES string of the molecule is N#Cc1ccc(N2CCC(C(F)c3cc(F)ccc3F)CC2)c([N+](=O)[O-])c1. The van der Waals surface area contributed by atoms with Crippen LogP contribution in [0.15, 0.2) is 36.4 Å². The molecule has 0 N–H and O–H groups in total. The molecule has 2 aromatic carbocycles. The summed E-state index contributed by atoms with van der Waals surface area (Å²) in [5.74, 6) is -1.98. The first kappa shape index (κ1) is 18.7. The van der Waals surface area contributed by atoms with Gasteiger partial charge in [-0.2, -0.15) is 5.26 Å². The average molecular weight is 375 g/mol. The van der Waals surface area contributed by atoms with Gasteiger partial charge < -0.3 is 4.90 Å². The van der Waals surface area contributed by atoms with E-state index in [1.54, 1.807) is 4.90 Å². The molecule has 0 amide bonds. The molecule has 1 fully saturated rings. The molecule has 27 heavy (non-hydrogen) atoms. The van der Waals surface area contributed by atoms with Crippen LogP contribution in [0.3, 0.4) is 0 Å². The molecular weight excluding hydrogens is 359 g/mol. The van der Waals surface area contributed by atoms with Gasteiger partial charge in [0.1, 0.15) is 23.5 Å². The second-order valence-corrected chi connectivity index (χ2v) is 6.46. The summed E-state index contributed by atoms with van der Waals surface area (Å²) in [7, 11) is 0. The molecule has 1 aliphatic heterocycles. The molecule has 1 aliphatic rings. The number of nitriles is 1. The van der Waals surface area contributed by atoms with Crippen LogP contribution in [0.1, 0.15) is 30.1 Å². The van der Waals surface area contributed by atoms with E-state index in [9.17, 15) is 23.3 Å². The van der Waals surface area contributed by atoms with Crippen LogP contribution in [-0.4, -0.2) is 18.0 Å². The monoisotopic (exact) mass is 375 g/mol. The first-order valence-corrected chi connectivity index (χ1v) is 8.43. The van der Waals surface area contributed by atoms with Crippen LogP contribution >= 0.6 is 0 Å². The van der Waals surface area contributed by atoms with Gasteiger partial charge in [-0.15, -0.1) is 0 Å². The fourth-order valence-corrected chi connectivity index (χ4v) is 3.42. The lowest BCUT2D eigenvalue weighted by Crippen LogP contribution is -2.35. The molecular formula is C19H16F3N3O2. The lowest BCUT2D eigenvalue weighted by atomic mass is 9.88. The van der Waals surface area contributed by atoms with Crippen LogP contribution in [-0.2, 0) is 0 Å². The Morgan fingerprint density at radius 1 is 1.19 bits per heavy atom. The average Bonchev–Trinajstić information content (AvgIpc) is 2.69. The zero-order chi connectivity index (χ0) is 19.6. The van der Waals surface area contributed by atoms with Crippen molar-refractivity contribution in [3.05, 3.63) is 69.3 Å². The van der Waals surface area contributed by atoms with Gasteiger partial charge in [0, 0.05) is 24.7 Å². The van der Waals surface area contributed by atoms with Crippen molar-refractivity contribution < 1.29 is 18.1 Å². The maximum atomic E-state index is 14.7. The quantitative estimate of drug-likeness (QED) is 0.575. The highest BCUT2D eigenvalue weighted by Crippen LogP contribution is 2.38. The van der Waals surface area contributed by atoms with Gasteiger partial charge >= 0.3 is 0 Å². The fraction of sp³-hybridized carbons (Fsp3) is 0.316. The smallest absolute Gasteiger partial charge is 0.293 e. The molecule has 0 bridgehead atoms. The molecule has 0 spiro atoms. The molecule has 140 valence electrons. The highest BCUT2D eigenvalue weighted by atomic mass is 19.1. The molecule has 5 nitrogen and oxygen atoms in total. The number of piperidine rings is 1. The van der Waals surface area contributed by atoms with Crippen molar-refractivity contribution >= 4 is 11.4 Å². The molecule has 1 atom stereocenters. The Kier molecular flexibility index (Phi) is 5.31. The number of nitro benzene ring substituents is 1. The third-order valence-electron chi connectivity index (χ3n) is 4.85. The Hall–Kier alpha value is -3.08. The van der Waals surface area contributed by atoms with E-state index in [1.165, 1.54) is 18.2 Å². The van der Waals surface area contributed by atoms with Crippen LogP contribution < -0.4 is 4.90 Å². The van der Waals surface area contributed by atoms with Crippen LogP contribution in [0, 0.1) is 39.0 Å². The number of alkyl halides is 1. The van der Waals surface area contributed by atoms with Crippen molar-refractivity contribution in [3.8, 4) is 6.07 Å². The molecule has 1 saturated heterocycles. The van der Waals surface area contributed by atoms with Crippen molar-refractivity contribution in [2.45, 2.75) is 19.0 Å². The van der Waals surface area contributed by atoms with E-state index in [4.69, 9.17) is 5.26 Å². The Morgan fingerprint density at radius 3 is 2.52 bits per heavy atom. The third kappa shape index (κ3) is 3.87. The van der Waals surface area contributed by atoms with Crippen molar-refractivity contribution in [2.75, 3.05) is 18.0 Å². The maximum Gasteiger partial charge on any atom is 0.293 e. The first-order chi connectivity index (χ1) is 12.9. The summed E-state index contributed by atoms with van der Waals surface area (Å²) in [5, 5.41) is 20.2. The highest BCUT2D eigenvalue weighted by molar-refractivity contribution is 5.65. The number of hydrogen-bond acceptors (Lipinski definition) is 4. The van der Waals surface area contributed by atoms with Crippen molar-refractivity contribution in [2.24, 2.45) is 5.92 Å². The largest absolute Gasteiger partial charge is 0.366 e. The van der Waals surface area contributed by atoms with E-state index in [0.29, 0.717) is 31.6 Å². The summed E-state index contributed by atoms with van der Waals surface area (Å²) in [4.78, 5) is 12.5. The van der Waals surface area contributed by atoms with Crippen LogP contribution in [0.25, 0.3) is 0 Å². The summed E-state index contributed by atoms with van der Waals surface area (Å²) in [6.07, 6.45) is -0.957. The summed E-state index contributed by atoms with van der Waals surface area (Å²) >= 11 is 0. The Labute approximate surface area is 153 Å². The number of hydrogen-bond donors (Lipinski definition) is 0. The number of benzene rings is 2. The van der Waals surface area contributed by atoms with Crippen molar-refractivity contribution in [1.82, 2.24) is 0 Å². The summed E-state index contributed by atoms with van der Waals surface area (Å²) in [6, 6.07) is 8.80. The molecule has 1 heterocycles. The summed E-state index contributed by atoms with van der Waals surface area (Å²) < 4.78 is 41.9. The van der Waals surface area contributed by atoms with Crippen LogP contribution in [0.4, 0.5) is 24.5 Å². The lowest BCUT2D eigenvalue weighted by molar-refractivity contribution is -0.384. The Morgan fingerprint density at radius 2 is 1.89 bits per heavy atom. The predicted octanol–water partition coefficient (Wildman–Crippen LogP) is 4.67. The second kappa shape index (κ2) is 7.66. The molecule has 8 heteroatoms. The number of nitro groups is 1. The van der Waals surface area contributed by atoms with Crippen LogP contribution in [0.5, 0.6) is 0 Å². The van der Waals surface area contributed by atoms with E-state index in [2.05, 4.69) is 0 Å². The van der Waals surface area contributed by atoms with Gasteiger partial charge in [-0.1, -0.05) is 0 Å². The van der Waals surface area contributed by atoms with E-state index < -0.39 is 28.6 Å². The van der Waals surface area contributed by atoms with Gasteiger partial charge in [0.15, 0.2) is 0 Å². The van der Waals surface area contributed by atoms with Crippen molar-refractivity contribution in [3.63, 3.8) is 0 Å². The topological polar surface area (TPSA) is 70.2 Å². The van der Waals surface area contributed by atoms with Crippen LogP contribution in [0.2, 0.25) is 0 Å². The standard InChI is InChI=1S/C19H16F3N3O2/c20-14-2-3-16(21)15(10-14)19(22)13-5-7-24(8-6-13)17-4-1-12(11-23)9-18(17)25(26)27/h1-4,9-10,13,19H,5-8H2. The zero-order valence-electron chi connectivity index (χ0n) is 14.2. The first-order valence-electron chi connectivity index (χ1n) is 8.43. The molecule has 0 radical (unpaired) electrons. The summed E-state index contributed by atoms with van der Waals surface area (Å²) in [5.41, 5.74) is 0.0776. The minimum absolute atomic E-state index is 0.180. The minimum atomic E-state index is -1.64. The fourth-order valence-electron chi connectivity index (χ4n) is 3.42. The van der Waals surface area contributed by atoms with Crippen molar-refractivity contribution in [1.29, 1.82) is 5.26 Å². The van der Waals surface area contributed by atoms with Gasteiger partial charge in [-0.05, 0) is 49.1 Å². The molecule has 0 saturated carbocycles. The van der Waals surface area contributed by atoms with Gasteiger partial charge in [0.05, 0.1) is 16.6 Å². The number of nitrogens with zero attached hydrogens (tertiary/aromatic N) is 3. The van der Waals surface area contributed by atoms with Gasteiger partial charge in [-0.25, -0.2) is 13.2 Å². The van der Waals surface area contributed by atoms with Gasteiger partial charge in [0.2, 0.25) is 0 Å². The van der Waals surface area contributed by atoms with E-state index in [1.807, 2.05) is 6.07 Å². The molecule has 2 aromatic rings. The molecule has 0 aliphatic carbocycles. The normalized spacial score (nSPS) is 16.0. The minimum Gasteiger partial charge on any atom is -0.366 e. The molecule has 3 rings (SSSR count).